The number of halogens is 1. The van der Waals surface area contributed by atoms with Crippen LogP contribution in [0.5, 0.6) is 0 Å². The molecule has 2 aromatic rings. The van der Waals surface area contributed by atoms with E-state index >= 15 is 0 Å². The Hall–Kier alpha value is -1.10. The summed E-state index contributed by atoms with van der Waals surface area (Å²) in [5.74, 6) is -0.276. The minimum atomic E-state index is -0.276. The topological polar surface area (TPSA) is 26.5 Å². The molecule has 0 aliphatic carbocycles. The predicted octanol–water partition coefficient (Wildman–Crippen LogP) is -1.92. The van der Waals surface area contributed by atoms with Crippen molar-refractivity contribution >= 4 is 11.4 Å². The molecule has 5 heteroatoms. The van der Waals surface area contributed by atoms with Gasteiger partial charge in [-0.15, -0.1) is 23.5 Å². The maximum atomic E-state index is 12.7. The summed E-state index contributed by atoms with van der Waals surface area (Å²) >= 11 is 0. The molecule has 0 atom stereocenters. The summed E-state index contributed by atoms with van der Waals surface area (Å²) in [6.45, 7) is 3.79. The van der Waals surface area contributed by atoms with Crippen LogP contribution in [0.2, 0.25) is 0 Å². The smallest absolute Gasteiger partial charge is 0.578 e. The van der Waals surface area contributed by atoms with Crippen molar-refractivity contribution in [2.45, 2.75) is 0 Å². The summed E-state index contributed by atoms with van der Waals surface area (Å²) in [4.78, 5) is 0. The monoisotopic (exact) mass is 240 g/mol. The average Bonchev–Trinajstić information content (AvgIpc) is 2.38. The minimum absolute atomic E-state index is 0. The Balaban J connectivity index is 0.00000162. The first kappa shape index (κ1) is 17.9. The van der Waals surface area contributed by atoms with Crippen molar-refractivity contribution in [1.29, 1.82) is 0 Å². The number of hydrogen-bond donors (Lipinski definition) is 0. The largest absolute Gasteiger partial charge is 1.00 e. The van der Waals surface area contributed by atoms with Crippen LogP contribution in [-0.4, -0.2) is 5.71 Å². The van der Waals surface area contributed by atoms with Crippen LogP contribution in [0.3, 0.4) is 0 Å². The van der Waals surface area contributed by atoms with E-state index < -0.39 is 0 Å². The molecule has 0 aliphatic heterocycles. The molecule has 0 unspecified atom stereocenters. The van der Waals surface area contributed by atoms with Crippen molar-refractivity contribution < 1.29 is 42.1 Å². The van der Waals surface area contributed by atoms with Gasteiger partial charge >= 0.3 is 37.7 Å². The zero-order chi connectivity index (χ0) is 12.1. The van der Waals surface area contributed by atoms with Crippen molar-refractivity contribution in [3.05, 3.63) is 78.3 Å². The molecule has 0 N–H and O–H groups in total. The molecule has 0 saturated heterocycles. The first-order valence-electron chi connectivity index (χ1n) is 5.17. The van der Waals surface area contributed by atoms with Gasteiger partial charge in [0.2, 0.25) is 0 Å². The third-order valence-corrected chi connectivity index (χ3v) is 2.22. The molecule has 0 heterocycles. The van der Waals surface area contributed by atoms with Crippen LogP contribution >= 0.6 is 0 Å². The van der Waals surface area contributed by atoms with Gasteiger partial charge in [0.25, 0.3) is 0 Å². The summed E-state index contributed by atoms with van der Waals surface area (Å²) < 4.78 is 12.7. The fraction of sp³-hybridized carbons (Fsp3) is 0. The Morgan fingerprint density at radius 1 is 0.947 bits per heavy atom. The zero-order valence-electron chi connectivity index (χ0n) is 11.2. The third kappa shape index (κ3) is 5.60. The van der Waals surface area contributed by atoms with Crippen molar-refractivity contribution in [2.24, 2.45) is 5.10 Å². The number of benzene rings is 2. The molecule has 0 amide bonds. The SMILES string of the molecule is [CH2-]/C(=N\[N-]c1ccccc1)c1ccc(F)cc1.[Li+].[Li+]. The molecular formula is C14H11FLi2N2. The van der Waals surface area contributed by atoms with E-state index in [2.05, 4.69) is 17.5 Å². The van der Waals surface area contributed by atoms with Gasteiger partial charge in [-0.25, -0.2) is 11.3 Å². The molecular weight excluding hydrogens is 229 g/mol. The van der Waals surface area contributed by atoms with Crippen LogP contribution in [0.4, 0.5) is 10.1 Å². The molecule has 0 aromatic heterocycles. The van der Waals surface area contributed by atoms with Crippen molar-refractivity contribution in [3.63, 3.8) is 0 Å². The van der Waals surface area contributed by atoms with Gasteiger partial charge in [0.15, 0.2) is 0 Å². The van der Waals surface area contributed by atoms with Gasteiger partial charge in [-0.2, -0.15) is 5.56 Å². The molecule has 0 aliphatic rings. The molecule has 2 nitrogen and oxygen atoms in total. The van der Waals surface area contributed by atoms with Crippen LogP contribution in [0.15, 0.2) is 59.7 Å². The number of rotatable bonds is 3. The molecule has 0 fully saturated rings. The van der Waals surface area contributed by atoms with Gasteiger partial charge in [0.1, 0.15) is 5.82 Å². The average molecular weight is 240 g/mol. The number of nitrogens with zero attached hydrogens (tertiary/aromatic N) is 2. The summed E-state index contributed by atoms with van der Waals surface area (Å²) in [5, 5.41) is 4.00. The van der Waals surface area contributed by atoms with E-state index in [1.807, 2.05) is 30.3 Å². The van der Waals surface area contributed by atoms with E-state index in [4.69, 9.17) is 0 Å². The summed E-state index contributed by atoms with van der Waals surface area (Å²) in [6, 6.07) is 15.4. The van der Waals surface area contributed by atoms with Gasteiger partial charge in [-0.05, 0) is 12.1 Å². The van der Waals surface area contributed by atoms with E-state index in [9.17, 15) is 4.39 Å². The second-order valence-electron chi connectivity index (χ2n) is 3.49. The summed E-state index contributed by atoms with van der Waals surface area (Å²) in [6.07, 6.45) is 0. The van der Waals surface area contributed by atoms with Gasteiger partial charge in [0.05, 0.1) is 0 Å². The summed E-state index contributed by atoms with van der Waals surface area (Å²) in [7, 11) is 0. The molecule has 86 valence electrons. The maximum absolute atomic E-state index is 12.7. The van der Waals surface area contributed by atoms with Gasteiger partial charge in [-0.3, -0.25) is 0 Å². The molecule has 0 saturated carbocycles. The van der Waals surface area contributed by atoms with Crippen molar-refractivity contribution in [3.8, 4) is 0 Å². The maximum Gasteiger partial charge on any atom is 1.00 e. The second-order valence-corrected chi connectivity index (χ2v) is 3.49. The van der Waals surface area contributed by atoms with Crippen LogP contribution in [0, 0.1) is 12.7 Å². The fourth-order valence-electron chi connectivity index (χ4n) is 1.31. The first-order chi connectivity index (χ1) is 8.25. The van der Waals surface area contributed by atoms with E-state index in [0.29, 0.717) is 5.71 Å². The van der Waals surface area contributed by atoms with Crippen LogP contribution in [-0.2, 0) is 0 Å². The van der Waals surface area contributed by atoms with Crippen LogP contribution < -0.4 is 37.7 Å². The molecule has 2 aromatic carbocycles. The predicted molar refractivity (Wildman–Crippen MR) is 67.8 cm³/mol. The van der Waals surface area contributed by atoms with E-state index in [1.165, 1.54) is 12.1 Å². The Bertz CT molecular complexity index is 513. The molecule has 0 bridgehead atoms. The Morgan fingerprint density at radius 2 is 1.53 bits per heavy atom. The van der Waals surface area contributed by atoms with Crippen LogP contribution in [0.25, 0.3) is 5.43 Å². The number of hydrogen-bond acceptors (Lipinski definition) is 1. The minimum Gasteiger partial charge on any atom is -0.578 e. The van der Waals surface area contributed by atoms with Crippen molar-refractivity contribution in [2.75, 3.05) is 0 Å². The molecule has 0 spiro atoms. The zero-order valence-corrected chi connectivity index (χ0v) is 11.2. The van der Waals surface area contributed by atoms with Crippen LogP contribution in [0.1, 0.15) is 5.56 Å². The van der Waals surface area contributed by atoms with E-state index in [-0.39, 0.29) is 43.5 Å². The van der Waals surface area contributed by atoms with E-state index in [0.717, 1.165) is 11.3 Å². The van der Waals surface area contributed by atoms with Gasteiger partial charge in [-0.1, -0.05) is 30.3 Å². The fourth-order valence-corrected chi connectivity index (χ4v) is 1.31. The summed E-state index contributed by atoms with van der Waals surface area (Å²) in [5.41, 5.74) is 6.06. The third-order valence-electron chi connectivity index (χ3n) is 2.22. The molecule has 0 radical (unpaired) electrons. The normalized spacial score (nSPS) is 10.1. The molecule has 19 heavy (non-hydrogen) atoms. The van der Waals surface area contributed by atoms with Crippen molar-refractivity contribution in [1.82, 2.24) is 0 Å². The Morgan fingerprint density at radius 3 is 2.11 bits per heavy atom. The standard InChI is InChI=1S/C14H11FN2.2Li/c1-11(12-7-9-13(15)10-8-12)16-17-14-5-3-2-4-6-14;;/h2-10H,1H2;;/q-2;2*+1/b16-11+;;. The quantitative estimate of drug-likeness (QED) is 0.259. The molecule has 2 rings (SSSR count). The Labute approximate surface area is 136 Å². The van der Waals surface area contributed by atoms with Gasteiger partial charge in [0, 0.05) is 0 Å². The van der Waals surface area contributed by atoms with E-state index in [1.54, 1.807) is 12.1 Å². The second kappa shape index (κ2) is 8.91. The van der Waals surface area contributed by atoms with Gasteiger partial charge < -0.3 is 10.5 Å². The first-order valence-corrected chi connectivity index (χ1v) is 5.17. The Kier molecular flexibility index (Phi) is 8.40.